The molecule has 0 fully saturated rings. The molecule has 5 N–H and O–H groups in total. The van der Waals surface area contributed by atoms with Gasteiger partial charge in [0, 0.05) is 12.8 Å². The highest BCUT2D eigenvalue weighted by molar-refractivity contribution is 7.47. The second-order valence-corrected chi connectivity index (χ2v) is 16.4. The van der Waals surface area contributed by atoms with Crippen molar-refractivity contribution in [3.05, 3.63) is 97.2 Å². The van der Waals surface area contributed by atoms with Crippen LogP contribution in [0.2, 0.25) is 0 Å². The van der Waals surface area contributed by atoms with E-state index in [1.807, 2.05) is 12.2 Å². The summed E-state index contributed by atoms with van der Waals surface area (Å²) in [4.78, 5) is 52.7. The quantitative estimate of drug-likeness (QED) is 0.0128. The number of phosphoric acid groups is 2. The molecule has 0 aliphatic rings. The molecule has 4 atom stereocenters. The van der Waals surface area contributed by atoms with E-state index in [0.717, 1.165) is 77.0 Å². The number of phosphoric ester groups is 2. The Morgan fingerprint density at radius 1 is 0.550 bits per heavy atom. The van der Waals surface area contributed by atoms with E-state index in [4.69, 9.17) is 23.8 Å². The number of carbonyl (C=O) groups is 2. The van der Waals surface area contributed by atoms with Gasteiger partial charge >= 0.3 is 27.6 Å². The van der Waals surface area contributed by atoms with E-state index < -0.39 is 72.3 Å². The topological polar surface area (TPSA) is 216 Å². The number of unbranched alkanes of at least 4 members (excludes halogenated alkanes) is 5. The summed E-state index contributed by atoms with van der Waals surface area (Å²) >= 11 is 0. The highest BCUT2D eigenvalue weighted by Crippen LogP contribution is 2.43. The third-order valence-corrected chi connectivity index (χ3v) is 9.50. The van der Waals surface area contributed by atoms with Gasteiger partial charge in [0.1, 0.15) is 12.7 Å². The highest BCUT2D eigenvalue weighted by Gasteiger charge is 2.28. The first kappa shape index (κ1) is 57.0. The molecule has 2 unspecified atom stereocenters. The molecule has 0 aromatic heterocycles. The number of esters is 2. The minimum absolute atomic E-state index is 0.0453. The van der Waals surface area contributed by atoms with Crippen LogP contribution in [0.1, 0.15) is 123 Å². The Morgan fingerprint density at radius 3 is 1.65 bits per heavy atom. The molecule has 0 heterocycles. The molecule has 0 aliphatic heterocycles. The van der Waals surface area contributed by atoms with Crippen molar-refractivity contribution in [2.75, 3.05) is 26.4 Å². The second kappa shape index (κ2) is 38.9. The van der Waals surface area contributed by atoms with Crippen molar-refractivity contribution in [1.82, 2.24) is 0 Å². The maximum absolute atomic E-state index is 12.6. The summed E-state index contributed by atoms with van der Waals surface area (Å²) in [5.41, 5.74) is 0. The average molecular weight is 887 g/mol. The molecular formula is C44H72O14P2. The Balaban J connectivity index is 4.77. The van der Waals surface area contributed by atoms with E-state index in [9.17, 15) is 33.8 Å². The van der Waals surface area contributed by atoms with Gasteiger partial charge in [-0.1, -0.05) is 130 Å². The minimum atomic E-state index is -4.89. The van der Waals surface area contributed by atoms with E-state index >= 15 is 0 Å². The van der Waals surface area contributed by atoms with Crippen LogP contribution in [-0.4, -0.2) is 81.6 Å². The first-order valence-corrected chi connectivity index (χ1v) is 24.1. The lowest BCUT2D eigenvalue weighted by molar-refractivity contribution is -0.161. The van der Waals surface area contributed by atoms with E-state index in [2.05, 4.69) is 95.8 Å². The molecule has 0 rings (SSSR count). The van der Waals surface area contributed by atoms with Crippen LogP contribution in [0.4, 0.5) is 0 Å². The lowest BCUT2D eigenvalue weighted by atomic mass is 10.1. The molecule has 0 amide bonds. The summed E-state index contributed by atoms with van der Waals surface area (Å²) < 4.78 is 47.6. The predicted molar refractivity (Wildman–Crippen MR) is 236 cm³/mol. The number of aliphatic hydroxyl groups is 2. The van der Waals surface area contributed by atoms with E-state index in [-0.39, 0.29) is 12.8 Å². The van der Waals surface area contributed by atoms with E-state index in [1.165, 1.54) is 0 Å². The molecule has 16 heteroatoms. The maximum atomic E-state index is 12.6. The molecule has 14 nitrogen and oxygen atoms in total. The number of carbonyl (C=O) groups excluding carboxylic acids is 2. The van der Waals surface area contributed by atoms with Crippen molar-refractivity contribution in [3.8, 4) is 0 Å². The van der Waals surface area contributed by atoms with Crippen LogP contribution in [-0.2, 0) is 41.8 Å². The molecule has 0 radical (unpaired) electrons. The molecule has 60 heavy (non-hydrogen) atoms. The van der Waals surface area contributed by atoms with Crippen LogP contribution in [0.3, 0.4) is 0 Å². The molecule has 0 saturated carbocycles. The fourth-order valence-corrected chi connectivity index (χ4v) is 6.07. The maximum Gasteiger partial charge on any atom is 0.472 e. The first-order valence-electron chi connectivity index (χ1n) is 21.0. The lowest BCUT2D eigenvalue weighted by Gasteiger charge is -2.20. The van der Waals surface area contributed by atoms with Crippen molar-refractivity contribution < 1.29 is 66.7 Å². The molecule has 0 bridgehead atoms. The van der Waals surface area contributed by atoms with Crippen LogP contribution in [0.25, 0.3) is 0 Å². The van der Waals surface area contributed by atoms with Crippen molar-refractivity contribution in [1.29, 1.82) is 0 Å². The molecule has 342 valence electrons. The van der Waals surface area contributed by atoms with Gasteiger partial charge in [0.25, 0.3) is 0 Å². The average Bonchev–Trinajstić information content (AvgIpc) is 3.20. The first-order chi connectivity index (χ1) is 28.8. The number of ether oxygens (including phenoxy) is 2. The van der Waals surface area contributed by atoms with E-state index in [1.54, 1.807) is 12.2 Å². The Kier molecular flexibility index (Phi) is 36.9. The van der Waals surface area contributed by atoms with Gasteiger partial charge in [-0.2, -0.15) is 0 Å². The number of hydrogen-bond acceptors (Lipinski definition) is 11. The van der Waals surface area contributed by atoms with Gasteiger partial charge in [-0.3, -0.25) is 23.2 Å². The number of rotatable bonds is 38. The fraction of sp³-hybridized carbons (Fsp3) is 0.591. The van der Waals surface area contributed by atoms with Crippen LogP contribution >= 0.6 is 15.6 Å². The van der Waals surface area contributed by atoms with Crippen LogP contribution in [0.15, 0.2) is 97.2 Å². The summed E-state index contributed by atoms with van der Waals surface area (Å²) in [7, 11) is -9.75. The molecule has 0 aromatic carbocycles. The smallest absolute Gasteiger partial charge is 0.462 e. The van der Waals surface area contributed by atoms with Crippen molar-refractivity contribution >= 4 is 27.6 Å². The fourth-order valence-electron chi connectivity index (χ4n) is 4.92. The summed E-state index contributed by atoms with van der Waals surface area (Å²) in [5.74, 6) is -1.27. The van der Waals surface area contributed by atoms with Gasteiger partial charge < -0.3 is 34.4 Å². The molecular weight excluding hydrogens is 814 g/mol. The zero-order valence-electron chi connectivity index (χ0n) is 35.6. The Labute approximate surface area is 358 Å². The van der Waals surface area contributed by atoms with Gasteiger partial charge in [-0.25, -0.2) is 9.13 Å². The summed E-state index contributed by atoms with van der Waals surface area (Å²) in [6.45, 7) is 1.26. The van der Waals surface area contributed by atoms with Gasteiger partial charge in [0.15, 0.2) is 6.10 Å². The monoisotopic (exact) mass is 886 g/mol. The number of aliphatic hydroxyl groups excluding tert-OH is 2. The Morgan fingerprint density at radius 2 is 1.05 bits per heavy atom. The third-order valence-electron chi connectivity index (χ3n) is 8.06. The van der Waals surface area contributed by atoms with E-state index in [0.29, 0.717) is 19.3 Å². The highest BCUT2D eigenvalue weighted by atomic mass is 31.2. The summed E-state index contributed by atoms with van der Waals surface area (Å²) in [6, 6.07) is 0. The molecule has 0 aliphatic carbocycles. The summed E-state index contributed by atoms with van der Waals surface area (Å²) in [5, 5.41) is 20.0. The standard InChI is InChI=1S/C44H72O14P2/c1-3-5-7-9-11-13-15-17-18-20-22-24-26-28-30-34-44(48)58-42(39-57-60(52,53)56-37-41(46)36-55-59(49,50)51)38-54-43(47)35-31-33-40(45)32-29-27-25-23-21-19-16-14-12-10-8-6-4-2/h5-8,11-14,17-19,21,25,27,29,32,40-42,45-46H,3-4,9-10,15-16,20,22-24,26,28,30-31,33-39H2,1-2H3,(H,52,53)(H2,49,50,51)/b7-5-,8-6-,13-11-,14-12-,18-17-,21-19-,27-25-,32-29+/t40?,41-,42+/m0/s1. The van der Waals surface area contributed by atoms with Crippen molar-refractivity contribution in [3.63, 3.8) is 0 Å². The van der Waals surface area contributed by atoms with Gasteiger partial charge in [-0.15, -0.1) is 0 Å². The second-order valence-electron chi connectivity index (χ2n) is 13.7. The molecule has 0 saturated heterocycles. The van der Waals surface area contributed by atoms with Crippen molar-refractivity contribution in [2.24, 2.45) is 0 Å². The van der Waals surface area contributed by atoms with Crippen LogP contribution in [0.5, 0.6) is 0 Å². The van der Waals surface area contributed by atoms with Gasteiger partial charge in [0.2, 0.25) is 0 Å². The lowest BCUT2D eigenvalue weighted by Crippen LogP contribution is -2.30. The summed E-state index contributed by atoms with van der Waals surface area (Å²) in [6.07, 6.45) is 41.5. The van der Waals surface area contributed by atoms with Crippen LogP contribution < -0.4 is 0 Å². The normalized spacial score (nSPS) is 15.5. The zero-order valence-corrected chi connectivity index (χ0v) is 37.4. The number of hydrogen-bond donors (Lipinski definition) is 5. The van der Waals surface area contributed by atoms with Gasteiger partial charge in [0.05, 0.1) is 25.9 Å². The largest absolute Gasteiger partial charge is 0.472 e. The Hall–Kier alpha value is -3.00. The van der Waals surface area contributed by atoms with Crippen molar-refractivity contribution in [2.45, 2.75) is 141 Å². The van der Waals surface area contributed by atoms with Crippen LogP contribution in [0, 0.1) is 0 Å². The molecule has 0 aromatic rings. The zero-order chi connectivity index (χ0) is 44.6. The SMILES string of the molecule is CC/C=C\C/C=C\C/C=C\C/C=C\C=C\C(O)CCCC(=O)OC[C@H](COP(=O)(O)OC[C@@H](O)COP(=O)(O)O)OC(=O)CCCCCCC/C=C\C/C=C\C/C=C\CC. The minimum Gasteiger partial charge on any atom is -0.462 e. The predicted octanol–water partition coefficient (Wildman–Crippen LogP) is 9.53. The third kappa shape index (κ3) is 41.7. The number of allylic oxidation sites excluding steroid dienone is 15. The Bertz CT molecular complexity index is 1440. The van der Waals surface area contributed by atoms with Gasteiger partial charge in [-0.05, 0) is 77.0 Å². The molecule has 0 spiro atoms.